The van der Waals surface area contributed by atoms with E-state index in [1.165, 1.54) is 5.56 Å². The van der Waals surface area contributed by atoms with E-state index in [0.717, 1.165) is 51.1 Å². The molecule has 2 aliphatic rings. The van der Waals surface area contributed by atoms with Crippen LogP contribution in [-0.2, 0) is 11.3 Å². The topological polar surface area (TPSA) is 41.6 Å². The minimum atomic E-state index is 0. The van der Waals surface area contributed by atoms with E-state index in [9.17, 15) is 4.79 Å². The lowest BCUT2D eigenvalue weighted by atomic mass is 9.94. The van der Waals surface area contributed by atoms with Crippen molar-refractivity contribution in [1.29, 1.82) is 0 Å². The molecule has 1 saturated heterocycles. The maximum absolute atomic E-state index is 12.7. The highest BCUT2D eigenvalue weighted by molar-refractivity contribution is 5.85. The number of carbonyl (C=O) groups excluding carboxylic acids is 1. The summed E-state index contributed by atoms with van der Waals surface area (Å²) in [5.41, 5.74) is 1.19. The second-order valence-corrected chi connectivity index (χ2v) is 6.50. The molecular weight excluding hydrogens is 312 g/mol. The molecule has 5 heteroatoms. The zero-order chi connectivity index (χ0) is 15.4. The number of nitrogens with one attached hydrogen (secondary N) is 1. The van der Waals surface area contributed by atoms with Crippen LogP contribution in [0, 0.1) is 5.92 Å². The second kappa shape index (κ2) is 8.55. The first-order chi connectivity index (χ1) is 10.8. The summed E-state index contributed by atoms with van der Waals surface area (Å²) < 4.78 is 5.20. The molecule has 0 aromatic heterocycles. The Morgan fingerprint density at radius 2 is 1.83 bits per heavy atom. The van der Waals surface area contributed by atoms with Crippen molar-refractivity contribution in [2.45, 2.75) is 44.7 Å². The highest BCUT2D eigenvalue weighted by atomic mass is 35.5. The summed E-state index contributed by atoms with van der Waals surface area (Å²) in [6, 6.07) is 8.53. The maximum Gasteiger partial charge on any atom is 0.223 e. The van der Waals surface area contributed by atoms with Crippen molar-refractivity contribution < 1.29 is 9.53 Å². The summed E-state index contributed by atoms with van der Waals surface area (Å²) in [4.78, 5) is 14.8. The number of nitrogens with zero attached hydrogens (tertiary/aromatic N) is 1. The smallest absolute Gasteiger partial charge is 0.223 e. The SMILES string of the molecule is COc1ccc(CN(C(=O)CC2CCNCC2)C2CC2)cc1.Cl. The fourth-order valence-electron chi connectivity index (χ4n) is 3.18. The largest absolute Gasteiger partial charge is 0.497 e. The molecule has 0 spiro atoms. The highest BCUT2D eigenvalue weighted by Gasteiger charge is 2.33. The number of hydrogen-bond acceptors (Lipinski definition) is 3. The average Bonchev–Trinajstić information content (AvgIpc) is 3.39. The standard InChI is InChI=1S/C18H26N2O2.ClH/c1-22-17-6-2-15(3-7-17)13-20(16-4-5-16)18(21)12-14-8-10-19-11-9-14;/h2-3,6-7,14,16,19H,4-5,8-13H2,1H3;1H. The minimum Gasteiger partial charge on any atom is -0.497 e. The van der Waals surface area contributed by atoms with Crippen LogP contribution in [-0.4, -0.2) is 37.0 Å². The number of piperidine rings is 1. The molecule has 0 atom stereocenters. The molecule has 23 heavy (non-hydrogen) atoms. The number of amides is 1. The zero-order valence-corrected chi connectivity index (χ0v) is 14.6. The van der Waals surface area contributed by atoms with Crippen molar-refractivity contribution in [3.05, 3.63) is 29.8 Å². The normalized spacial score (nSPS) is 18.1. The van der Waals surface area contributed by atoms with Gasteiger partial charge in [-0.1, -0.05) is 12.1 Å². The number of rotatable bonds is 6. The Kier molecular flexibility index (Phi) is 6.72. The van der Waals surface area contributed by atoms with Crippen LogP contribution < -0.4 is 10.1 Å². The van der Waals surface area contributed by atoms with Crippen LogP contribution in [0.5, 0.6) is 5.75 Å². The first kappa shape index (κ1) is 18.1. The number of ether oxygens (including phenoxy) is 1. The van der Waals surface area contributed by atoms with Crippen molar-refractivity contribution in [1.82, 2.24) is 10.2 Å². The third-order valence-electron chi connectivity index (χ3n) is 4.74. The third-order valence-corrected chi connectivity index (χ3v) is 4.74. The molecule has 1 heterocycles. The van der Waals surface area contributed by atoms with E-state index < -0.39 is 0 Å². The summed E-state index contributed by atoms with van der Waals surface area (Å²) in [7, 11) is 1.67. The number of benzene rings is 1. The van der Waals surface area contributed by atoms with Gasteiger partial charge in [0.1, 0.15) is 5.75 Å². The molecule has 1 N–H and O–H groups in total. The summed E-state index contributed by atoms with van der Waals surface area (Å²) in [6.45, 7) is 2.85. The Hall–Kier alpha value is -1.26. The summed E-state index contributed by atoms with van der Waals surface area (Å²) in [5, 5.41) is 3.37. The van der Waals surface area contributed by atoms with Crippen molar-refractivity contribution in [2.24, 2.45) is 5.92 Å². The van der Waals surface area contributed by atoms with Gasteiger partial charge in [0, 0.05) is 19.0 Å². The van der Waals surface area contributed by atoms with Gasteiger partial charge >= 0.3 is 0 Å². The summed E-state index contributed by atoms with van der Waals surface area (Å²) >= 11 is 0. The van der Waals surface area contributed by atoms with E-state index in [2.05, 4.69) is 22.3 Å². The predicted octanol–water partition coefficient (Wildman–Crippen LogP) is 3.00. The predicted molar refractivity (Wildman–Crippen MR) is 94.0 cm³/mol. The van der Waals surface area contributed by atoms with E-state index in [4.69, 9.17) is 4.74 Å². The van der Waals surface area contributed by atoms with Crippen LogP contribution >= 0.6 is 12.4 Å². The number of methoxy groups -OCH3 is 1. The zero-order valence-electron chi connectivity index (χ0n) is 13.8. The van der Waals surface area contributed by atoms with Crippen LogP contribution in [0.4, 0.5) is 0 Å². The van der Waals surface area contributed by atoms with Crippen molar-refractivity contribution in [3.8, 4) is 5.75 Å². The molecule has 4 nitrogen and oxygen atoms in total. The molecule has 0 unspecified atom stereocenters. The fourth-order valence-corrected chi connectivity index (χ4v) is 3.18. The molecule has 1 amide bonds. The quantitative estimate of drug-likeness (QED) is 0.867. The molecule has 2 fully saturated rings. The molecular formula is C18H27ClN2O2. The van der Waals surface area contributed by atoms with Gasteiger partial charge in [-0.25, -0.2) is 0 Å². The molecule has 1 aliphatic carbocycles. The van der Waals surface area contributed by atoms with Gasteiger partial charge in [-0.15, -0.1) is 12.4 Å². The van der Waals surface area contributed by atoms with Gasteiger partial charge in [0.15, 0.2) is 0 Å². The molecule has 0 radical (unpaired) electrons. The van der Waals surface area contributed by atoms with Crippen molar-refractivity contribution in [3.63, 3.8) is 0 Å². The molecule has 0 bridgehead atoms. The van der Waals surface area contributed by atoms with Gasteiger partial charge in [0.25, 0.3) is 0 Å². The summed E-state index contributed by atoms with van der Waals surface area (Å²) in [6.07, 6.45) is 5.30. The summed E-state index contributed by atoms with van der Waals surface area (Å²) in [5.74, 6) is 1.76. The van der Waals surface area contributed by atoms with Crippen LogP contribution in [0.1, 0.15) is 37.7 Å². The molecule has 1 saturated carbocycles. The molecule has 3 rings (SSSR count). The van der Waals surface area contributed by atoms with Crippen LogP contribution in [0.15, 0.2) is 24.3 Å². The Balaban J connectivity index is 0.00000192. The van der Waals surface area contributed by atoms with E-state index in [1.54, 1.807) is 7.11 Å². The minimum absolute atomic E-state index is 0. The van der Waals surface area contributed by atoms with Gasteiger partial charge < -0.3 is 15.0 Å². The van der Waals surface area contributed by atoms with Crippen molar-refractivity contribution in [2.75, 3.05) is 20.2 Å². The molecule has 1 aromatic carbocycles. The van der Waals surface area contributed by atoms with E-state index in [0.29, 0.717) is 24.3 Å². The van der Waals surface area contributed by atoms with E-state index in [1.807, 2.05) is 12.1 Å². The number of halogens is 1. The van der Waals surface area contributed by atoms with E-state index >= 15 is 0 Å². The van der Waals surface area contributed by atoms with Gasteiger partial charge in [-0.05, 0) is 62.4 Å². The van der Waals surface area contributed by atoms with E-state index in [-0.39, 0.29) is 12.4 Å². The Morgan fingerprint density at radius 3 is 2.39 bits per heavy atom. The lowest BCUT2D eigenvalue weighted by Gasteiger charge is -2.27. The second-order valence-electron chi connectivity index (χ2n) is 6.50. The fraction of sp³-hybridized carbons (Fsp3) is 0.611. The lowest BCUT2D eigenvalue weighted by molar-refractivity contribution is -0.133. The Morgan fingerprint density at radius 1 is 1.17 bits per heavy atom. The Bertz CT molecular complexity index is 496. The van der Waals surface area contributed by atoms with Gasteiger partial charge in [-0.3, -0.25) is 4.79 Å². The van der Waals surface area contributed by atoms with Crippen LogP contribution in [0.25, 0.3) is 0 Å². The van der Waals surface area contributed by atoms with Crippen molar-refractivity contribution >= 4 is 18.3 Å². The van der Waals surface area contributed by atoms with Gasteiger partial charge in [0.05, 0.1) is 7.11 Å². The number of hydrogen-bond donors (Lipinski definition) is 1. The van der Waals surface area contributed by atoms with Gasteiger partial charge in [0.2, 0.25) is 5.91 Å². The molecule has 128 valence electrons. The van der Waals surface area contributed by atoms with Gasteiger partial charge in [-0.2, -0.15) is 0 Å². The van der Waals surface area contributed by atoms with Crippen LogP contribution in [0.2, 0.25) is 0 Å². The molecule has 1 aliphatic heterocycles. The first-order valence-electron chi connectivity index (χ1n) is 8.39. The monoisotopic (exact) mass is 338 g/mol. The Labute approximate surface area is 145 Å². The highest BCUT2D eigenvalue weighted by Crippen LogP contribution is 2.30. The number of carbonyl (C=O) groups is 1. The maximum atomic E-state index is 12.7. The van der Waals surface area contributed by atoms with Crippen LogP contribution in [0.3, 0.4) is 0 Å². The molecule has 1 aromatic rings. The third kappa shape index (κ3) is 5.11. The first-order valence-corrected chi connectivity index (χ1v) is 8.39. The average molecular weight is 339 g/mol. The lowest BCUT2D eigenvalue weighted by Crippen LogP contribution is -2.36.